The number of amides is 1. The van der Waals surface area contributed by atoms with Crippen molar-refractivity contribution in [2.45, 2.75) is 65.3 Å². The van der Waals surface area contributed by atoms with Crippen molar-refractivity contribution in [2.24, 2.45) is 5.92 Å². The molecule has 0 bridgehead atoms. The van der Waals surface area contributed by atoms with Crippen LogP contribution in [0.25, 0.3) is 0 Å². The van der Waals surface area contributed by atoms with Crippen molar-refractivity contribution < 1.29 is 9.59 Å². The van der Waals surface area contributed by atoms with E-state index in [1.165, 1.54) is 12.8 Å². The van der Waals surface area contributed by atoms with Crippen LogP contribution in [0.15, 0.2) is 0 Å². The van der Waals surface area contributed by atoms with Crippen molar-refractivity contribution in [1.82, 2.24) is 15.2 Å². The lowest BCUT2D eigenvalue weighted by Crippen LogP contribution is -2.45. The minimum absolute atomic E-state index is 0. The molecule has 1 amide bonds. The molecule has 2 N–H and O–H groups in total. The van der Waals surface area contributed by atoms with E-state index in [0.717, 1.165) is 62.5 Å². The highest BCUT2D eigenvalue weighted by atomic mass is 35.5. The second-order valence-electron chi connectivity index (χ2n) is 7.70. The first kappa shape index (κ1) is 21.0. The SMILES string of the molecule is CCCc1c(C(=O)N2CCC(NCC3CC3)CC2)[nH]c(C)c1C(C)=O.Cl. The van der Waals surface area contributed by atoms with Crippen LogP contribution in [0.4, 0.5) is 0 Å². The number of aromatic amines is 1. The van der Waals surface area contributed by atoms with E-state index < -0.39 is 0 Å². The second kappa shape index (κ2) is 9.05. The summed E-state index contributed by atoms with van der Waals surface area (Å²) in [4.78, 5) is 30.2. The van der Waals surface area contributed by atoms with Gasteiger partial charge < -0.3 is 15.2 Å². The molecule has 2 aliphatic rings. The predicted molar refractivity (Wildman–Crippen MR) is 106 cm³/mol. The molecule has 0 unspecified atom stereocenters. The van der Waals surface area contributed by atoms with Crippen LogP contribution in [-0.2, 0) is 6.42 Å². The van der Waals surface area contributed by atoms with Gasteiger partial charge in [-0.3, -0.25) is 9.59 Å². The van der Waals surface area contributed by atoms with Crippen LogP contribution in [0.2, 0.25) is 0 Å². The molecule has 26 heavy (non-hydrogen) atoms. The van der Waals surface area contributed by atoms with Gasteiger partial charge in [0.25, 0.3) is 5.91 Å². The number of nitrogens with one attached hydrogen (secondary N) is 2. The van der Waals surface area contributed by atoms with E-state index in [0.29, 0.717) is 17.3 Å². The first-order valence-electron chi connectivity index (χ1n) is 9.76. The molecule has 1 aromatic heterocycles. The lowest BCUT2D eigenvalue weighted by Gasteiger charge is -2.32. The van der Waals surface area contributed by atoms with E-state index in [2.05, 4.69) is 17.2 Å². The van der Waals surface area contributed by atoms with Gasteiger partial charge in [-0.15, -0.1) is 12.4 Å². The summed E-state index contributed by atoms with van der Waals surface area (Å²) in [7, 11) is 0. The molecule has 1 aliphatic carbocycles. The van der Waals surface area contributed by atoms with Gasteiger partial charge in [0.05, 0.1) is 0 Å². The number of nitrogens with zero attached hydrogens (tertiary/aromatic N) is 1. The summed E-state index contributed by atoms with van der Waals surface area (Å²) in [5.74, 6) is 0.988. The number of carbonyl (C=O) groups is 2. The maximum atomic E-state index is 13.0. The number of piperidine rings is 1. The molecule has 0 atom stereocenters. The fraction of sp³-hybridized carbons (Fsp3) is 0.700. The lowest BCUT2D eigenvalue weighted by molar-refractivity contribution is 0.0698. The van der Waals surface area contributed by atoms with Gasteiger partial charge in [-0.25, -0.2) is 0 Å². The molecule has 1 aliphatic heterocycles. The molecule has 5 nitrogen and oxygen atoms in total. The Morgan fingerprint density at radius 1 is 1.19 bits per heavy atom. The molecule has 2 fully saturated rings. The first-order valence-corrected chi connectivity index (χ1v) is 9.76. The molecule has 0 spiro atoms. The van der Waals surface area contributed by atoms with Crippen LogP contribution in [0, 0.1) is 12.8 Å². The van der Waals surface area contributed by atoms with Crippen LogP contribution in [0.1, 0.15) is 78.1 Å². The van der Waals surface area contributed by atoms with Gasteiger partial charge in [0.1, 0.15) is 5.69 Å². The van der Waals surface area contributed by atoms with E-state index in [1.807, 2.05) is 11.8 Å². The fourth-order valence-corrected chi connectivity index (χ4v) is 3.94. The number of ketones is 1. The Balaban J connectivity index is 0.00000243. The van der Waals surface area contributed by atoms with E-state index in [1.54, 1.807) is 6.92 Å². The van der Waals surface area contributed by atoms with Gasteiger partial charge in [-0.2, -0.15) is 0 Å². The molecule has 3 rings (SSSR count). The topological polar surface area (TPSA) is 65.2 Å². The predicted octanol–water partition coefficient (Wildman–Crippen LogP) is 3.50. The van der Waals surface area contributed by atoms with Crippen molar-refractivity contribution in [3.05, 3.63) is 22.5 Å². The van der Waals surface area contributed by atoms with Gasteiger partial charge in [0.15, 0.2) is 5.78 Å². The number of likely N-dealkylation sites (tertiary alicyclic amines) is 1. The summed E-state index contributed by atoms with van der Waals surface area (Å²) in [6.45, 7) is 8.27. The number of Topliss-reactive ketones (excluding diaryl/α,β-unsaturated/α-hetero) is 1. The molecule has 2 heterocycles. The number of aromatic nitrogens is 1. The third-order valence-electron chi connectivity index (χ3n) is 5.53. The van der Waals surface area contributed by atoms with E-state index in [-0.39, 0.29) is 24.1 Å². The maximum Gasteiger partial charge on any atom is 0.270 e. The van der Waals surface area contributed by atoms with E-state index >= 15 is 0 Å². The largest absolute Gasteiger partial charge is 0.354 e. The number of H-pyrrole nitrogens is 1. The average Bonchev–Trinajstić information content (AvgIpc) is 3.36. The molecule has 1 aromatic rings. The van der Waals surface area contributed by atoms with Crippen molar-refractivity contribution in [2.75, 3.05) is 19.6 Å². The van der Waals surface area contributed by atoms with Gasteiger partial charge in [-0.1, -0.05) is 13.3 Å². The number of halogens is 1. The summed E-state index contributed by atoms with van der Waals surface area (Å²) >= 11 is 0. The Hall–Kier alpha value is -1.33. The van der Waals surface area contributed by atoms with Gasteiger partial charge in [0.2, 0.25) is 0 Å². The Labute approximate surface area is 162 Å². The van der Waals surface area contributed by atoms with Gasteiger partial charge in [0, 0.05) is 30.4 Å². The number of rotatable bonds is 7. The Morgan fingerprint density at radius 3 is 2.38 bits per heavy atom. The van der Waals surface area contributed by atoms with Crippen molar-refractivity contribution in [3.63, 3.8) is 0 Å². The fourth-order valence-electron chi connectivity index (χ4n) is 3.94. The summed E-state index contributed by atoms with van der Waals surface area (Å²) in [5.41, 5.74) is 3.08. The van der Waals surface area contributed by atoms with Crippen LogP contribution < -0.4 is 5.32 Å². The number of hydrogen-bond acceptors (Lipinski definition) is 3. The van der Waals surface area contributed by atoms with E-state index in [9.17, 15) is 9.59 Å². The zero-order valence-electron chi connectivity index (χ0n) is 16.2. The molecule has 0 aromatic carbocycles. The average molecular weight is 382 g/mol. The Morgan fingerprint density at radius 2 is 1.85 bits per heavy atom. The normalized spacial score (nSPS) is 17.9. The minimum Gasteiger partial charge on any atom is -0.354 e. The maximum absolute atomic E-state index is 13.0. The summed E-state index contributed by atoms with van der Waals surface area (Å²) < 4.78 is 0. The molecule has 6 heteroatoms. The van der Waals surface area contributed by atoms with Crippen LogP contribution >= 0.6 is 12.4 Å². The van der Waals surface area contributed by atoms with Crippen molar-refractivity contribution in [1.29, 1.82) is 0 Å². The molecule has 1 saturated carbocycles. The highest BCUT2D eigenvalue weighted by Gasteiger charge is 2.29. The number of hydrogen-bond donors (Lipinski definition) is 2. The van der Waals surface area contributed by atoms with Crippen LogP contribution in [-0.4, -0.2) is 47.3 Å². The van der Waals surface area contributed by atoms with E-state index in [4.69, 9.17) is 0 Å². The molecular formula is C20H32ClN3O2. The van der Waals surface area contributed by atoms with Crippen molar-refractivity contribution in [3.8, 4) is 0 Å². The number of carbonyl (C=O) groups excluding carboxylic acids is 2. The van der Waals surface area contributed by atoms with Crippen LogP contribution in [0.5, 0.6) is 0 Å². The quantitative estimate of drug-likeness (QED) is 0.710. The molecule has 146 valence electrons. The third-order valence-corrected chi connectivity index (χ3v) is 5.53. The van der Waals surface area contributed by atoms with Crippen LogP contribution in [0.3, 0.4) is 0 Å². The summed E-state index contributed by atoms with van der Waals surface area (Å²) in [6.07, 6.45) is 6.46. The smallest absolute Gasteiger partial charge is 0.270 e. The lowest BCUT2D eigenvalue weighted by atomic mass is 9.99. The van der Waals surface area contributed by atoms with Gasteiger partial charge in [-0.05, 0) is 64.0 Å². The Bertz CT molecular complexity index is 644. The monoisotopic (exact) mass is 381 g/mol. The standard InChI is InChI=1S/C20H31N3O2.ClH/c1-4-5-17-18(14(3)24)13(2)22-19(17)20(25)23-10-8-16(9-11-23)21-12-15-6-7-15;/h15-16,21-22H,4-12H2,1-3H3;1H. The Kier molecular flexibility index (Phi) is 7.30. The highest BCUT2D eigenvalue weighted by Crippen LogP contribution is 2.28. The molecule has 1 saturated heterocycles. The molecule has 0 radical (unpaired) electrons. The second-order valence-corrected chi connectivity index (χ2v) is 7.70. The number of aryl methyl sites for hydroxylation is 1. The first-order chi connectivity index (χ1) is 12.0. The third kappa shape index (κ3) is 4.68. The summed E-state index contributed by atoms with van der Waals surface area (Å²) in [5, 5.41) is 3.65. The van der Waals surface area contributed by atoms with Crippen molar-refractivity contribution >= 4 is 24.1 Å². The minimum atomic E-state index is 0. The molecular weight excluding hydrogens is 350 g/mol. The zero-order valence-corrected chi connectivity index (χ0v) is 17.0. The van der Waals surface area contributed by atoms with Gasteiger partial charge >= 0.3 is 0 Å². The summed E-state index contributed by atoms with van der Waals surface area (Å²) in [6, 6.07) is 0.540. The highest BCUT2D eigenvalue weighted by molar-refractivity contribution is 6.02. The zero-order chi connectivity index (χ0) is 18.0.